The lowest BCUT2D eigenvalue weighted by Gasteiger charge is -2.28. The summed E-state index contributed by atoms with van der Waals surface area (Å²) in [6, 6.07) is 4.95. The molecule has 0 aromatic heterocycles. The quantitative estimate of drug-likeness (QED) is 0.881. The number of carboxylic acids is 1. The minimum atomic E-state index is -0.832. The first-order valence-corrected chi connectivity index (χ1v) is 5.60. The Morgan fingerprint density at radius 1 is 1.56 bits per heavy atom. The third-order valence-electron chi connectivity index (χ3n) is 2.65. The van der Waals surface area contributed by atoms with E-state index in [1.165, 1.54) is 0 Å². The number of aliphatic carboxylic acids is 1. The molecule has 1 aromatic rings. The van der Waals surface area contributed by atoms with E-state index in [9.17, 15) is 4.79 Å². The van der Waals surface area contributed by atoms with Crippen LogP contribution in [0, 0.1) is 6.92 Å². The van der Waals surface area contributed by atoms with Gasteiger partial charge in [0.1, 0.15) is 6.04 Å². The highest BCUT2D eigenvalue weighted by Crippen LogP contribution is 2.25. The molecule has 0 saturated heterocycles. The molecule has 4 heteroatoms. The van der Waals surface area contributed by atoms with Crippen molar-refractivity contribution in [2.45, 2.75) is 26.8 Å². The highest BCUT2D eigenvalue weighted by molar-refractivity contribution is 6.30. The van der Waals surface area contributed by atoms with Crippen LogP contribution in [0.4, 0.5) is 5.69 Å². The topological polar surface area (TPSA) is 40.5 Å². The maximum absolute atomic E-state index is 11.0. The van der Waals surface area contributed by atoms with Crippen LogP contribution in [0.1, 0.15) is 19.4 Å². The Kier molecular flexibility index (Phi) is 4.19. The fourth-order valence-corrected chi connectivity index (χ4v) is 1.84. The number of hydrogen-bond acceptors (Lipinski definition) is 2. The smallest absolute Gasteiger partial charge is 0.326 e. The van der Waals surface area contributed by atoms with E-state index in [1.807, 2.05) is 24.8 Å². The standard InChI is InChI=1S/C12H16ClNO2/c1-4-14(9(3)12(15)16)11-7-10(13)6-5-8(11)2/h5-7,9H,4H2,1-3H3,(H,15,16). The van der Waals surface area contributed by atoms with Gasteiger partial charge in [0.25, 0.3) is 0 Å². The van der Waals surface area contributed by atoms with Gasteiger partial charge in [-0.1, -0.05) is 17.7 Å². The number of benzene rings is 1. The lowest BCUT2D eigenvalue weighted by atomic mass is 10.1. The molecule has 0 aliphatic heterocycles. The molecule has 1 N–H and O–H groups in total. The number of anilines is 1. The molecule has 16 heavy (non-hydrogen) atoms. The average molecular weight is 242 g/mol. The zero-order valence-corrected chi connectivity index (χ0v) is 10.5. The third kappa shape index (κ3) is 2.67. The SMILES string of the molecule is CCN(c1cc(Cl)ccc1C)C(C)C(=O)O. The Morgan fingerprint density at radius 2 is 2.19 bits per heavy atom. The number of halogens is 1. The van der Waals surface area contributed by atoms with E-state index in [4.69, 9.17) is 16.7 Å². The molecule has 1 aromatic carbocycles. The molecule has 0 fully saturated rings. The number of nitrogens with zero attached hydrogens (tertiary/aromatic N) is 1. The minimum Gasteiger partial charge on any atom is -0.480 e. The molecule has 1 unspecified atom stereocenters. The first-order chi connectivity index (χ1) is 7.47. The summed E-state index contributed by atoms with van der Waals surface area (Å²) in [5.41, 5.74) is 1.91. The number of likely N-dealkylation sites (N-methyl/N-ethyl adjacent to an activating group) is 1. The number of aryl methyl sites for hydroxylation is 1. The monoisotopic (exact) mass is 241 g/mol. The van der Waals surface area contributed by atoms with E-state index in [0.29, 0.717) is 11.6 Å². The fraction of sp³-hybridized carbons (Fsp3) is 0.417. The van der Waals surface area contributed by atoms with Crippen molar-refractivity contribution in [1.82, 2.24) is 0 Å². The molecule has 88 valence electrons. The second-order valence-electron chi connectivity index (χ2n) is 3.73. The van der Waals surface area contributed by atoms with Gasteiger partial charge in [-0.05, 0) is 38.5 Å². The van der Waals surface area contributed by atoms with E-state index in [1.54, 1.807) is 19.1 Å². The first kappa shape index (κ1) is 12.8. The molecule has 0 saturated carbocycles. The number of carboxylic acid groups (broad SMARTS) is 1. The van der Waals surface area contributed by atoms with Crippen molar-refractivity contribution >= 4 is 23.3 Å². The van der Waals surface area contributed by atoms with Crippen molar-refractivity contribution in [3.63, 3.8) is 0 Å². The summed E-state index contributed by atoms with van der Waals surface area (Å²) in [4.78, 5) is 12.8. The largest absolute Gasteiger partial charge is 0.480 e. The molecular formula is C12H16ClNO2. The van der Waals surface area contributed by atoms with Crippen molar-refractivity contribution in [2.75, 3.05) is 11.4 Å². The van der Waals surface area contributed by atoms with Crippen molar-refractivity contribution in [3.8, 4) is 0 Å². The summed E-state index contributed by atoms with van der Waals surface area (Å²) in [6.07, 6.45) is 0. The predicted octanol–water partition coefficient (Wildman–Crippen LogP) is 2.95. The zero-order chi connectivity index (χ0) is 12.3. The van der Waals surface area contributed by atoms with Gasteiger partial charge in [0.15, 0.2) is 0 Å². The van der Waals surface area contributed by atoms with Crippen molar-refractivity contribution in [1.29, 1.82) is 0 Å². The summed E-state index contributed by atoms with van der Waals surface area (Å²) >= 11 is 5.93. The van der Waals surface area contributed by atoms with E-state index >= 15 is 0 Å². The average Bonchev–Trinajstić information content (AvgIpc) is 2.23. The van der Waals surface area contributed by atoms with Crippen LogP contribution in [0.2, 0.25) is 5.02 Å². The summed E-state index contributed by atoms with van der Waals surface area (Å²) in [7, 11) is 0. The van der Waals surface area contributed by atoms with Gasteiger partial charge in [-0.25, -0.2) is 4.79 Å². The fourth-order valence-electron chi connectivity index (χ4n) is 1.68. The van der Waals surface area contributed by atoms with Gasteiger partial charge in [0, 0.05) is 17.3 Å². The molecule has 0 bridgehead atoms. The normalized spacial score (nSPS) is 12.2. The van der Waals surface area contributed by atoms with Crippen LogP contribution >= 0.6 is 11.6 Å². The summed E-state index contributed by atoms with van der Waals surface area (Å²) in [5, 5.41) is 9.65. The maximum Gasteiger partial charge on any atom is 0.326 e. The number of carbonyl (C=O) groups is 1. The molecular weight excluding hydrogens is 226 g/mol. The van der Waals surface area contributed by atoms with Gasteiger partial charge < -0.3 is 10.0 Å². The summed E-state index contributed by atoms with van der Waals surface area (Å²) in [5.74, 6) is -0.832. The number of hydrogen-bond donors (Lipinski definition) is 1. The van der Waals surface area contributed by atoms with E-state index in [2.05, 4.69) is 0 Å². The second kappa shape index (κ2) is 5.21. The van der Waals surface area contributed by atoms with Gasteiger partial charge >= 0.3 is 5.97 Å². The highest BCUT2D eigenvalue weighted by atomic mass is 35.5. The van der Waals surface area contributed by atoms with Crippen LogP contribution in [-0.4, -0.2) is 23.7 Å². The molecule has 0 radical (unpaired) electrons. The van der Waals surface area contributed by atoms with Gasteiger partial charge in [-0.2, -0.15) is 0 Å². The van der Waals surface area contributed by atoms with Crippen LogP contribution in [0.3, 0.4) is 0 Å². The third-order valence-corrected chi connectivity index (χ3v) is 2.88. The molecule has 0 heterocycles. The Morgan fingerprint density at radius 3 is 2.69 bits per heavy atom. The van der Waals surface area contributed by atoms with Gasteiger partial charge in [-0.3, -0.25) is 0 Å². The Bertz CT molecular complexity index is 393. The maximum atomic E-state index is 11.0. The lowest BCUT2D eigenvalue weighted by molar-refractivity contribution is -0.138. The molecule has 0 aliphatic rings. The van der Waals surface area contributed by atoms with E-state index in [0.717, 1.165) is 11.3 Å². The zero-order valence-electron chi connectivity index (χ0n) is 9.70. The van der Waals surface area contributed by atoms with Crippen LogP contribution in [-0.2, 0) is 4.79 Å². The van der Waals surface area contributed by atoms with Crippen molar-refractivity contribution in [2.24, 2.45) is 0 Å². The number of rotatable bonds is 4. The van der Waals surface area contributed by atoms with Gasteiger partial charge in [0.05, 0.1) is 0 Å². The second-order valence-corrected chi connectivity index (χ2v) is 4.17. The Labute approximate surface area is 101 Å². The Hall–Kier alpha value is -1.22. The van der Waals surface area contributed by atoms with Gasteiger partial charge in [0.2, 0.25) is 0 Å². The highest BCUT2D eigenvalue weighted by Gasteiger charge is 2.20. The molecule has 3 nitrogen and oxygen atoms in total. The first-order valence-electron chi connectivity index (χ1n) is 5.23. The van der Waals surface area contributed by atoms with Crippen molar-refractivity contribution < 1.29 is 9.90 Å². The molecule has 0 amide bonds. The minimum absolute atomic E-state index is 0.554. The summed E-state index contributed by atoms with van der Waals surface area (Å²) < 4.78 is 0. The predicted molar refractivity (Wildman–Crippen MR) is 66.3 cm³/mol. The van der Waals surface area contributed by atoms with Crippen LogP contribution < -0.4 is 4.90 Å². The van der Waals surface area contributed by atoms with E-state index in [-0.39, 0.29) is 0 Å². The van der Waals surface area contributed by atoms with E-state index < -0.39 is 12.0 Å². The Balaban J connectivity index is 3.12. The van der Waals surface area contributed by atoms with Crippen LogP contribution in [0.15, 0.2) is 18.2 Å². The van der Waals surface area contributed by atoms with Crippen LogP contribution in [0.25, 0.3) is 0 Å². The lowest BCUT2D eigenvalue weighted by Crippen LogP contribution is -2.39. The molecule has 1 rings (SSSR count). The molecule has 0 aliphatic carbocycles. The molecule has 1 atom stereocenters. The van der Waals surface area contributed by atoms with Crippen LogP contribution in [0.5, 0.6) is 0 Å². The molecule has 0 spiro atoms. The van der Waals surface area contributed by atoms with Crippen molar-refractivity contribution in [3.05, 3.63) is 28.8 Å². The summed E-state index contributed by atoms with van der Waals surface area (Å²) in [6.45, 7) is 6.18. The van der Waals surface area contributed by atoms with Gasteiger partial charge in [-0.15, -0.1) is 0 Å².